The van der Waals surface area contributed by atoms with Crippen LogP contribution in [0.4, 0.5) is 4.39 Å². The molecule has 0 saturated carbocycles. The molecular formula is C18H22FN. The summed E-state index contributed by atoms with van der Waals surface area (Å²) in [7, 11) is 1.99. The summed E-state index contributed by atoms with van der Waals surface area (Å²) in [5, 5.41) is 3.36. The summed E-state index contributed by atoms with van der Waals surface area (Å²) in [6.45, 7) is 2.16. The predicted molar refractivity (Wildman–Crippen MR) is 82.5 cm³/mol. The van der Waals surface area contributed by atoms with Crippen LogP contribution in [0.25, 0.3) is 0 Å². The quantitative estimate of drug-likeness (QED) is 0.840. The zero-order valence-corrected chi connectivity index (χ0v) is 12.2. The first-order chi connectivity index (χ1) is 9.69. The molecule has 0 aliphatic rings. The second kappa shape index (κ2) is 7.20. The predicted octanol–water partition coefficient (Wildman–Crippen LogP) is 3.90. The highest BCUT2D eigenvalue weighted by Gasteiger charge is 2.08. The lowest BCUT2D eigenvalue weighted by Gasteiger charge is -2.17. The maximum absolute atomic E-state index is 12.9. The molecule has 1 unspecified atom stereocenters. The smallest absolute Gasteiger partial charge is 0.123 e. The molecule has 0 spiro atoms. The van der Waals surface area contributed by atoms with E-state index >= 15 is 0 Å². The van der Waals surface area contributed by atoms with Crippen molar-refractivity contribution in [1.29, 1.82) is 0 Å². The van der Waals surface area contributed by atoms with E-state index < -0.39 is 0 Å². The van der Waals surface area contributed by atoms with Crippen LogP contribution < -0.4 is 5.32 Å². The van der Waals surface area contributed by atoms with Crippen molar-refractivity contribution in [2.75, 3.05) is 7.05 Å². The van der Waals surface area contributed by atoms with Crippen molar-refractivity contribution < 1.29 is 4.39 Å². The molecule has 2 aromatic carbocycles. The molecule has 106 valence electrons. The van der Waals surface area contributed by atoms with Crippen molar-refractivity contribution in [3.63, 3.8) is 0 Å². The summed E-state index contributed by atoms with van der Waals surface area (Å²) in [5.41, 5.74) is 3.94. The van der Waals surface area contributed by atoms with Gasteiger partial charge >= 0.3 is 0 Å². The van der Waals surface area contributed by atoms with Crippen molar-refractivity contribution in [1.82, 2.24) is 5.32 Å². The van der Waals surface area contributed by atoms with Gasteiger partial charge < -0.3 is 5.32 Å². The average molecular weight is 271 g/mol. The van der Waals surface area contributed by atoms with E-state index in [4.69, 9.17) is 0 Å². The second-order valence-corrected chi connectivity index (χ2v) is 5.28. The van der Waals surface area contributed by atoms with E-state index in [0.717, 1.165) is 19.3 Å². The van der Waals surface area contributed by atoms with Crippen LogP contribution >= 0.6 is 0 Å². The third-order valence-corrected chi connectivity index (χ3v) is 3.83. The Labute approximate surface area is 120 Å². The van der Waals surface area contributed by atoms with Crippen molar-refractivity contribution >= 4 is 0 Å². The SMILES string of the molecule is CNC(CCc1ccccc1C)Cc1ccc(F)cc1. The Balaban J connectivity index is 1.92. The van der Waals surface area contributed by atoms with E-state index in [1.807, 2.05) is 19.2 Å². The summed E-state index contributed by atoms with van der Waals surface area (Å²) in [5.74, 6) is -0.172. The molecule has 0 aliphatic carbocycles. The Morgan fingerprint density at radius 1 is 1.05 bits per heavy atom. The molecule has 1 nitrogen and oxygen atoms in total. The molecule has 20 heavy (non-hydrogen) atoms. The number of hydrogen-bond donors (Lipinski definition) is 1. The average Bonchev–Trinajstić information content (AvgIpc) is 2.47. The number of halogens is 1. The zero-order valence-electron chi connectivity index (χ0n) is 12.2. The number of aryl methyl sites for hydroxylation is 2. The highest BCUT2D eigenvalue weighted by molar-refractivity contribution is 5.25. The highest BCUT2D eigenvalue weighted by atomic mass is 19.1. The maximum atomic E-state index is 12.9. The molecular weight excluding hydrogens is 249 g/mol. The molecule has 0 saturated heterocycles. The van der Waals surface area contributed by atoms with Gasteiger partial charge in [0.2, 0.25) is 0 Å². The van der Waals surface area contributed by atoms with E-state index in [0.29, 0.717) is 6.04 Å². The molecule has 2 heteroatoms. The van der Waals surface area contributed by atoms with Crippen LogP contribution in [0.15, 0.2) is 48.5 Å². The lowest BCUT2D eigenvalue weighted by molar-refractivity contribution is 0.519. The Morgan fingerprint density at radius 3 is 2.40 bits per heavy atom. The van der Waals surface area contributed by atoms with Gasteiger partial charge in [0.25, 0.3) is 0 Å². The third-order valence-electron chi connectivity index (χ3n) is 3.83. The molecule has 0 fully saturated rings. The number of nitrogens with one attached hydrogen (secondary N) is 1. The first-order valence-electron chi connectivity index (χ1n) is 7.15. The summed E-state index contributed by atoms with van der Waals surface area (Å²) in [6.07, 6.45) is 3.08. The summed E-state index contributed by atoms with van der Waals surface area (Å²) >= 11 is 0. The first-order valence-corrected chi connectivity index (χ1v) is 7.15. The highest BCUT2D eigenvalue weighted by Crippen LogP contribution is 2.13. The second-order valence-electron chi connectivity index (χ2n) is 5.28. The van der Waals surface area contributed by atoms with Gasteiger partial charge in [-0.2, -0.15) is 0 Å². The minimum Gasteiger partial charge on any atom is -0.317 e. The van der Waals surface area contributed by atoms with Crippen molar-refractivity contribution in [3.05, 3.63) is 71.0 Å². The molecule has 2 aromatic rings. The van der Waals surface area contributed by atoms with Crippen molar-refractivity contribution in [3.8, 4) is 0 Å². The van der Waals surface area contributed by atoms with Gasteiger partial charge in [0, 0.05) is 6.04 Å². The Bertz CT molecular complexity index is 533. The molecule has 2 rings (SSSR count). The van der Waals surface area contributed by atoms with Crippen LogP contribution in [0.1, 0.15) is 23.1 Å². The van der Waals surface area contributed by atoms with Crippen LogP contribution in [0.5, 0.6) is 0 Å². The van der Waals surface area contributed by atoms with Gasteiger partial charge in [-0.15, -0.1) is 0 Å². The van der Waals surface area contributed by atoms with Crippen LogP contribution in [-0.4, -0.2) is 13.1 Å². The lowest BCUT2D eigenvalue weighted by Crippen LogP contribution is -2.28. The Kier molecular flexibility index (Phi) is 5.31. The number of hydrogen-bond acceptors (Lipinski definition) is 1. The maximum Gasteiger partial charge on any atom is 0.123 e. The number of benzene rings is 2. The normalized spacial score (nSPS) is 12.3. The van der Waals surface area contributed by atoms with E-state index in [9.17, 15) is 4.39 Å². The van der Waals surface area contributed by atoms with Gasteiger partial charge in [-0.1, -0.05) is 36.4 Å². The zero-order chi connectivity index (χ0) is 14.4. The first kappa shape index (κ1) is 14.7. The molecule has 0 aromatic heterocycles. The molecule has 0 aliphatic heterocycles. The molecule has 1 N–H and O–H groups in total. The van der Waals surface area contributed by atoms with Crippen molar-refractivity contribution in [2.45, 2.75) is 32.2 Å². The fourth-order valence-electron chi connectivity index (χ4n) is 2.47. The standard InChI is InChI=1S/C18H22FN/c1-14-5-3-4-6-16(14)9-12-18(20-2)13-15-7-10-17(19)11-8-15/h3-8,10-11,18,20H,9,12-13H2,1-2H3. The Morgan fingerprint density at radius 2 is 1.75 bits per heavy atom. The third kappa shape index (κ3) is 4.17. The summed E-state index contributed by atoms with van der Waals surface area (Å²) < 4.78 is 12.9. The van der Waals surface area contributed by atoms with E-state index in [2.05, 4.69) is 36.5 Å². The largest absolute Gasteiger partial charge is 0.317 e. The monoisotopic (exact) mass is 271 g/mol. The molecule has 0 heterocycles. The topological polar surface area (TPSA) is 12.0 Å². The number of rotatable bonds is 6. The minimum absolute atomic E-state index is 0.172. The fraction of sp³-hybridized carbons (Fsp3) is 0.333. The summed E-state index contributed by atoms with van der Waals surface area (Å²) in [4.78, 5) is 0. The van der Waals surface area contributed by atoms with Gasteiger partial charge in [-0.05, 0) is 62.1 Å². The lowest BCUT2D eigenvalue weighted by atomic mass is 9.97. The van der Waals surface area contributed by atoms with Gasteiger partial charge in [0.1, 0.15) is 5.82 Å². The molecule has 0 bridgehead atoms. The van der Waals surface area contributed by atoms with E-state index in [1.54, 1.807) is 0 Å². The van der Waals surface area contributed by atoms with E-state index in [-0.39, 0.29) is 5.82 Å². The molecule has 0 amide bonds. The van der Waals surface area contributed by atoms with Crippen molar-refractivity contribution in [2.24, 2.45) is 0 Å². The van der Waals surface area contributed by atoms with Gasteiger partial charge in [0.15, 0.2) is 0 Å². The molecule has 1 atom stereocenters. The van der Waals surface area contributed by atoms with Gasteiger partial charge in [-0.3, -0.25) is 0 Å². The van der Waals surface area contributed by atoms with Crippen LogP contribution in [0, 0.1) is 12.7 Å². The minimum atomic E-state index is -0.172. The molecule has 0 radical (unpaired) electrons. The van der Waals surface area contributed by atoms with Gasteiger partial charge in [0.05, 0.1) is 0 Å². The number of likely N-dealkylation sites (N-methyl/N-ethyl adjacent to an activating group) is 1. The van der Waals surface area contributed by atoms with Crippen LogP contribution in [-0.2, 0) is 12.8 Å². The van der Waals surface area contributed by atoms with Crippen LogP contribution in [0.3, 0.4) is 0 Å². The van der Waals surface area contributed by atoms with E-state index in [1.165, 1.54) is 28.8 Å². The van der Waals surface area contributed by atoms with Crippen LogP contribution in [0.2, 0.25) is 0 Å². The summed E-state index contributed by atoms with van der Waals surface area (Å²) in [6, 6.07) is 15.7. The van der Waals surface area contributed by atoms with Gasteiger partial charge in [-0.25, -0.2) is 4.39 Å². The fourth-order valence-corrected chi connectivity index (χ4v) is 2.47. The Hall–Kier alpha value is -1.67.